The highest BCUT2D eigenvalue weighted by atomic mass is 16.2. The first-order chi connectivity index (χ1) is 10.2. The van der Waals surface area contributed by atoms with Crippen LogP contribution in [0.3, 0.4) is 0 Å². The molecule has 0 unspecified atom stereocenters. The van der Waals surface area contributed by atoms with Gasteiger partial charge in [0, 0.05) is 30.5 Å². The minimum absolute atomic E-state index is 0.00853. The number of nitrogens with one attached hydrogen (secondary N) is 1. The molecule has 0 atom stereocenters. The lowest BCUT2D eigenvalue weighted by atomic mass is 10.0. The highest BCUT2D eigenvalue weighted by molar-refractivity contribution is 5.95. The van der Waals surface area contributed by atoms with Crippen LogP contribution in [0.5, 0.6) is 0 Å². The van der Waals surface area contributed by atoms with Gasteiger partial charge in [-0.1, -0.05) is 13.0 Å². The molecule has 0 radical (unpaired) electrons. The van der Waals surface area contributed by atoms with E-state index in [2.05, 4.69) is 5.32 Å². The number of carbonyl (C=O) groups excluding carboxylic acids is 1. The first kappa shape index (κ1) is 14.6. The Hall–Kier alpha value is -2.79. The molecule has 1 aliphatic heterocycles. The van der Waals surface area contributed by atoms with E-state index in [4.69, 9.17) is 10.5 Å². The van der Waals surface area contributed by atoms with E-state index in [1.165, 1.54) is 6.20 Å². The maximum atomic E-state index is 12.0. The molecule has 106 valence electrons. The number of allylic oxidation sites excluding steroid dienone is 1. The second-order valence-electron chi connectivity index (χ2n) is 4.77. The molecule has 1 aromatic rings. The topological polar surface area (TPSA) is 79.9 Å². The van der Waals surface area contributed by atoms with Crippen LogP contribution in [0.2, 0.25) is 0 Å². The van der Waals surface area contributed by atoms with Crippen molar-refractivity contribution in [1.82, 2.24) is 0 Å². The molecule has 0 bridgehead atoms. The third-order valence-corrected chi connectivity index (χ3v) is 3.43. The molecule has 0 aromatic heterocycles. The number of amides is 1. The maximum Gasteiger partial charge on any atom is 0.226 e. The average Bonchev–Trinajstić information content (AvgIpc) is 2.54. The van der Waals surface area contributed by atoms with Crippen LogP contribution in [-0.2, 0) is 11.2 Å². The molecule has 1 N–H and O–H groups in total. The van der Waals surface area contributed by atoms with Crippen LogP contribution in [0.1, 0.15) is 25.3 Å². The summed E-state index contributed by atoms with van der Waals surface area (Å²) in [6, 6.07) is 9.36. The molecule has 0 saturated carbocycles. The molecule has 2 rings (SSSR count). The maximum absolute atomic E-state index is 12.0. The molecule has 1 aliphatic rings. The molecule has 0 spiro atoms. The standard InChI is InChI=1S/C16H16N4O/c1-2-16(21)20-7-3-4-13-5-6-14(8-15(13)20)19-11-12(9-17)10-18/h5-6,8,11,19H,2-4,7H2,1H3. The summed E-state index contributed by atoms with van der Waals surface area (Å²) in [6.45, 7) is 2.59. The molecular weight excluding hydrogens is 264 g/mol. The van der Waals surface area contributed by atoms with Crippen LogP contribution in [0, 0.1) is 22.7 Å². The SMILES string of the molecule is CCC(=O)N1CCCc2ccc(NC=C(C#N)C#N)cc21. The Kier molecular flexibility index (Phi) is 4.58. The molecule has 1 heterocycles. The van der Waals surface area contributed by atoms with Gasteiger partial charge in [0.05, 0.1) is 0 Å². The molecular formula is C16H16N4O. The second-order valence-corrected chi connectivity index (χ2v) is 4.77. The fourth-order valence-corrected chi connectivity index (χ4v) is 2.36. The monoisotopic (exact) mass is 280 g/mol. The van der Waals surface area contributed by atoms with Crippen molar-refractivity contribution in [2.24, 2.45) is 0 Å². The van der Waals surface area contributed by atoms with Crippen molar-refractivity contribution in [3.63, 3.8) is 0 Å². The van der Waals surface area contributed by atoms with Crippen LogP contribution < -0.4 is 10.2 Å². The van der Waals surface area contributed by atoms with E-state index in [1.54, 1.807) is 12.1 Å². The Morgan fingerprint density at radius 3 is 2.86 bits per heavy atom. The van der Waals surface area contributed by atoms with Gasteiger partial charge in [0.25, 0.3) is 0 Å². The van der Waals surface area contributed by atoms with Crippen molar-refractivity contribution in [1.29, 1.82) is 10.5 Å². The number of benzene rings is 1. The molecule has 5 nitrogen and oxygen atoms in total. The summed E-state index contributed by atoms with van der Waals surface area (Å²) in [5.41, 5.74) is 2.84. The minimum atomic E-state index is 0.00853. The Morgan fingerprint density at radius 2 is 2.19 bits per heavy atom. The fraction of sp³-hybridized carbons (Fsp3) is 0.312. The Morgan fingerprint density at radius 1 is 1.43 bits per heavy atom. The first-order valence-electron chi connectivity index (χ1n) is 6.89. The van der Waals surface area contributed by atoms with Crippen molar-refractivity contribution in [3.8, 4) is 12.1 Å². The summed E-state index contributed by atoms with van der Waals surface area (Å²) in [5, 5.41) is 20.3. The highest BCUT2D eigenvalue weighted by Gasteiger charge is 2.21. The summed E-state index contributed by atoms with van der Waals surface area (Å²) < 4.78 is 0. The van der Waals surface area contributed by atoms with Crippen LogP contribution in [0.4, 0.5) is 11.4 Å². The molecule has 0 fully saturated rings. The number of carbonyl (C=O) groups is 1. The lowest BCUT2D eigenvalue weighted by Gasteiger charge is -2.29. The van der Waals surface area contributed by atoms with E-state index in [1.807, 2.05) is 30.0 Å². The van der Waals surface area contributed by atoms with Crippen molar-refractivity contribution >= 4 is 17.3 Å². The van der Waals surface area contributed by atoms with E-state index in [0.717, 1.165) is 36.3 Å². The molecule has 1 aromatic carbocycles. The van der Waals surface area contributed by atoms with Crippen LogP contribution >= 0.6 is 0 Å². The van der Waals surface area contributed by atoms with Crippen molar-refractivity contribution in [2.45, 2.75) is 26.2 Å². The molecule has 5 heteroatoms. The fourth-order valence-electron chi connectivity index (χ4n) is 2.36. The van der Waals surface area contributed by atoms with Crippen LogP contribution in [0.15, 0.2) is 30.0 Å². The minimum Gasteiger partial charge on any atom is -0.360 e. The number of nitriles is 2. The summed E-state index contributed by atoms with van der Waals surface area (Å²) in [5.74, 6) is 0.110. The molecule has 1 amide bonds. The lowest BCUT2D eigenvalue weighted by Crippen LogP contribution is -2.34. The van der Waals surface area contributed by atoms with Gasteiger partial charge in [-0.05, 0) is 30.5 Å². The number of anilines is 2. The molecule has 0 aliphatic carbocycles. The Bertz CT molecular complexity index is 648. The van der Waals surface area contributed by atoms with Gasteiger partial charge < -0.3 is 10.2 Å². The van der Waals surface area contributed by atoms with Gasteiger partial charge in [0.1, 0.15) is 17.7 Å². The number of hydrogen-bond donors (Lipinski definition) is 1. The van der Waals surface area contributed by atoms with Crippen molar-refractivity contribution in [3.05, 3.63) is 35.5 Å². The second kappa shape index (κ2) is 6.58. The Labute approximate surface area is 124 Å². The summed E-state index contributed by atoms with van der Waals surface area (Å²) in [6.07, 6.45) is 3.78. The Balaban J connectivity index is 2.29. The number of hydrogen-bond acceptors (Lipinski definition) is 4. The van der Waals surface area contributed by atoms with Crippen molar-refractivity contribution in [2.75, 3.05) is 16.8 Å². The predicted octanol–water partition coefficient (Wildman–Crippen LogP) is 2.72. The summed E-state index contributed by atoms with van der Waals surface area (Å²) >= 11 is 0. The van der Waals surface area contributed by atoms with Gasteiger partial charge in [0.15, 0.2) is 0 Å². The van der Waals surface area contributed by atoms with E-state index < -0.39 is 0 Å². The van der Waals surface area contributed by atoms with Gasteiger partial charge in [-0.25, -0.2) is 0 Å². The molecule has 0 saturated heterocycles. The van der Waals surface area contributed by atoms with Crippen LogP contribution in [-0.4, -0.2) is 12.5 Å². The lowest BCUT2D eigenvalue weighted by molar-refractivity contribution is -0.118. The average molecular weight is 280 g/mol. The van der Waals surface area contributed by atoms with Gasteiger partial charge in [-0.2, -0.15) is 10.5 Å². The van der Waals surface area contributed by atoms with Gasteiger partial charge in [-0.15, -0.1) is 0 Å². The molecule has 21 heavy (non-hydrogen) atoms. The first-order valence-corrected chi connectivity index (χ1v) is 6.89. The van der Waals surface area contributed by atoms with E-state index in [-0.39, 0.29) is 11.5 Å². The van der Waals surface area contributed by atoms with Gasteiger partial charge in [-0.3, -0.25) is 4.79 Å². The third kappa shape index (κ3) is 3.21. The van der Waals surface area contributed by atoms with Crippen LogP contribution in [0.25, 0.3) is 0 Å². The predicted molar refractivity (Wildman–Crippen MR) is 80.3 cm³/mol. The number of fused-ring (bicyclic) bond motifs is 1. The summed E-state index contributed by atoms with van der Waals surface area (Å²) in [7, 11) is 0. The third-order valence-electron chi connectivity index (χ3n) is 3.43. The van der Waals surface area contributed by atoms with Gasteiger partial charge >= 0.3 is 0 Å². The zero-order valence-corrected chi connectivity index (χ0v) is 11.9. The summed E-state index contributed by atoms with van der Waals surface area (Å²) in [4.78, 5) is 13.8. The van der Waals surface area contributed by atoms with E-state index in [9.17, 15) is 4.79 Å². The van der Waals surface area contributed by atoms with E-state index in [0.29, 0.717) is 6.42 Å². The quantitative estimate of drug-likeness (QED) is 0.863. The number of nitrogens with zero attached hydrogens (tertiary/aromatic N) is 3. The largest absolute Gasteiger partial charge is 0.360 e. The van der Waals surface area contributed by atoms with Gasteiger partial charge in [0.2, 0.25) is 5.91 Å². The highest BCUT2D eigenvalue weighted by Crippen LogP contribution is 2.30. The zero-order valence-electron chi connectivity index (χ0n) is 11.9. The smallest absolute Gasteiger partial charge is 0.226 e. The number of rotatable bonds is 3. The van der Waals surface area contributed by atoms with E-state index >= 15 is 0 Å². The number of aryl methyl sites for hydroxylation is 1. The zero-order chi connectivity index (χ0) is 15.2. The normalized spacial score (nSPS) is 12.6. The van der Waals surface area contributed by atoms with Crippen molar-refractivity contribution < 1.29 is 4.79 Å².